The molecule has 3 nitrogen and oxygen atoms in total. The predicted octanol–water partition coefficient (Wildman–Crippen LogP) is 4.75. The fourth-order valence-electron chi connectivity index (χ4n) is 2.40. The van der Waals surface area contributed by atoms with Crippen LogP contribution in [0.2, 0.25) is 0 Å². The van der Waals surface area contributed by atoms with Crippen molar-refractivity contribution in [2.45, 2.75) is 11.3 Å². The molecule has 1 aliphatic heterocycles. The topological polar surface area (TPSA) is 37.3 Å². The Bertz CT molecular complexity index is 840. The number of nitrogens with one attached hydrogen (secondary N) is 1. The zero-order chi connectivity index (χ0) is 14.9. The lowest BCUT2D eigenvalue weighted by Crippen LogP contribution is -2.12. The third kappa shape index (κ3) is 2.60. The lowest BCUT2D eigenvalue weighted by Gasteiger charge is -2.17. The number of para-hydroxylation sites is 1. The van der Waals surface area contributed by atoms with E-state index in [1.807, 2.05) is 30.3 Å². The van der Waals surface area contributed by atoms with Gasteiger partial charge in [-0.05, 0) is 30.3 Å². The third-order valence-electron chi connectivity index (χ3n) is 3.43. The average molecular weight is 329 g/mol. The number of hydrogen-bond acceptors (Lipinski definition) is 5. The van der Waals surface area contributed by atoms with Gasteiger partial charge in [-0.15, -0.1) is 11.8 Å². The number of nitrogens with zero attached hydrogens (tertiary/aromatic N) is 2. The van der Waals surface area contributed by atoms with Gasteiger partial charge in [0.1, 0.15) is 5.82 Å². The monoisotopic (exact) mass is 329 g/mol. The Kier molecular flexibility index (Phi) is 3.56. The Morgan fingerprint density at radius 2 is 2.09 bits per heavy atom. The molecule has 0 atom stereocenters. The Morgan fingerprint density at radius 3 is 3.00 bits per heavy atom. The molecule has 3 aromatic rings. The highest BCUT2D eigenvalue weighted by Gasteiger charge is 2.17. The second kappa shape index (κ2) is 5.70. The first-order valence-corrected chi connectivity index (χ1v) is 8.71. The van der Waals surface area contributed by atoms with Gasteiger partial charge in [-0.1, -0.05) is 23.5 Å². The summed E-state index contributed by atoms with van der Waals surface area (Å²) in [7, 11) is 0. The van der Waals surface area contributed by atoms with E-state index in [0.29, 0.717) is 0 Å². The molecule has 0 fully saturated rings. The molecule has 0 amide bonds. The van der Waals surface area contributed by atoms with Crippen LogP contribution in [0.5, 0.6) is 0 Å². The zero-order valence-electron chi connectivity index (χ0n) is 11.5. The molecule has 22 heavy (non-hydrogen) atoms. The zero-order valence-corrected chi connectivity index (χ0v) is 13.2. The number of anilines is 1. The largest absolute Gasteiger partial charge is 0.252 e. The van der Waals surface area contributed by atoms with Crippen LogP contribution in [0.15, 0.2) is 52.5 Å². The molecule has 2 heterocycles. The lowest BCUT2D eigenvalue weighted by atomic mass is 10.1. The second-order valence-electron chi connectivity index (χ2n) is 4.90. The maximum Gasteiger partial charge on any atom is 0.204 e. The van der Waals surface area contributed by atoms with Gasteiger partial charge in [-0.2, -0.15) is 5.10 Å². The summed E-state index contributed by atoms with van der Waals surface area (Å²) in [6.07, 6.45) is 0.818. The quantitative estimate of drug-likeness (QED) is 0.690. The molecular weight excluding hydrogens is 317 g/mol. The van der Waals surface area contributed by atoms with Gasteiger partial charge in [0.2, 0.25) is 5.13 Å². The molecular formula is C16H12FN3S2. The van der Waals surface area contributed by atoms with Gasteiger partial charge >= 0.3 is 0 Å². The Morgan fingerprint density at radius 1 is 1.18 bits per heavy atom. The van der Waals surface area contributed by atoms with Gasteiger partial charge < -0.3 is 0 Å². The number of thiazole rings is 1. The summed E-state index contributed by atoms with van der Waals surface area (Å²) < 4.78 is 14.6. The van der Waals surface area contributed by atoms with E-state index in [4.69, 9.17) is 0 Å². The summed E-state index contributed by atoms with van der Waals surface area (Å²) in [5.74, 6) is 0.729. The van der Waals surface area contributed by atoms with Gasteiger partial charge in [0, 0.05) is 22.6 Å². The number of thioether (sulfide) groups is 1. The molecule has 2 aromatic carbocycles. The number of hydrogen-bond donors (Lipinski definition) is 1. The minimum absolute atomic E-state index is 0.228. The van der Waals surface area contributed by atoms with Gasteiger partial charge in [0.15, 0.2) is 0 Å². The number of halogens is 1. The molecule has 0 radical (unpaired) electrons. The molecule has 110 valence electrons. The Balaban J connectivity index is 1.65. The summed E-state index contributed by atoms with van der Waals surface area (Å²) in [6.45, 7) is 0. The van der Waals surface area contributed by atoms with Crippen molar-refractivity contribution in [3.05, 3.63) is 53.8 Å². The van der Waals surface area contributed by atoms with Crippen LogP contribution in [0, 0.1) is 5.82 Å². The van der Waals surface area contributed by atoms with Crippen molar-refractivity contribution in [2.24, 2.45) is 5.10 Å². The van der Waals surface area contributed by atoms with Crippen LogP contribution >= 0.6 is 23.1 Å². The second-order valence-corrected chi connectivity index (χ2v) is 7.06. The summed E-state index contributed by atoms with van der Waals surface area (Å²) in [6, 6.07) is 12.8. The van der Waals surface area contributed by atoms with E-state index in [-0.39, 0.29) is 5.82 Å². The van der Waals surface area contributed by atoms with E-state index in [1.165, 1.54) is 6.07 Å². The summed E-state index contributed by atoms with van der Waals surface area (Å²) >= 11 is 3.30. The lowest BCUT2D eigenvalue weighted by molar-refractivity contribution is 0.626. The van der Waals surface area contributed by atoms with E-state index in [2.05, 4.69) is 15.5 Å². The van der Waals surface area contributed by atoms with E-state index in [0.717, 1.165) is 43.7 Å². The van der Waals surface area contributed by atoms with Gasteiger partial charge in [0.25, 0.3) is 0 Å². The smallest absolute Gasteiger partial charge is 0.204 e. The maximum absolute atomic E-state index is 13.5. The van der Waals surface area contributed by atoms with Crippen molar-refractivity contribution in [3.63, 3.8) is 0 Å². The van der Waals surface area contributed by atoms with Crippen molar-refractivity contribution < 1.29 is 4.39 Å². The standard InChI is InChI=1S/C16H12FN3S2/c17-10-5-6-14-11(9-10)12(7-8-21-14)19-20-16-18-13-3-1-2-4-15(13)22-16/h1-6,9H,7-8H2,(H,18,20). The molecule has 0 bridgehead atoms. The molecule has 1 aromatic heterocycles. The Hall–Kier alpha value is -1.92. The van der Waals surface area contributed by atoms with Gasteiger partial charge in [0.05, 0.1) is 15.9 Å². The number of aromatic nitrogens is 1. The fourth-order valence-corrected chi connectivity index (χ4v) is 4.22. The van der Waals surface area contributed by atoms with E-state index in [1.54, 1.807) is 29.2 Å². The van der Waals surface area contributed by atoms with Crippen LogP contribution in [-0.2, 0) is 0 Å². The first-order valence-electron chi connectivity index (χ1n) is 6.90. The van der Waals surface area contributed by atoms with Gasteiger partial charge in [-0.25, -0.2) is 9.37 Å². The third-order valence-corrected chi connectivity index (χ3v) is 5.45. The minimum atomic E-state index is -0.228. The number of benzene rings is 2. The highest BCUT2D eigenvalue weighted by atomic mass is 32.2. The molecule has 0 saturated heterocycles. The number of rotatable bonds is 2. The molecule has 0 spiro atoms. The van der Waals surface area contributed by atoms with Crippen molar-refractivity contribution in [1.29, 1.82) is 0 Å². The van der Waals surface area contributed by atoms with Crippen LogP contribution in [0.1, 0.15) is 12.0 Å². The highest BCUT2D eigenvalue weighted by Crippen LogP contribution is 2.31. The van der Waals surface area contributed by atoms with Crippen LogP contribution in [0.3, 0.4) is 0 Å². The first kappa shape index (κ1) is 13.7. The fraction of sp³-hybridized carbons (Fsp3) is 0.125. The molecule has 1 N–H and O–H groups in total. The van der Waals surface area contributed by atoms with Crippen LogP contribution < -0.4 is 5.43 Å². The van der Waals surface area contributed by atoms with Crippen molar-refractivity contribution in [1.82, 2.24) is 4.98 Å². The van der Waals surface area contributed by atoms with E-state index < -0.39 is 0 Å². The minimum Gasteiger partial charge on any atom is -0.252 e. The summed E-state index contributed by atoms with van der Waals surface area (Å²) in [5, 5.41) is 5.22. The average Bonchev–Trinajstić information content (AvgIpc) is 2.95. The van der Waals surface area contributed by atoms with E-state index >= 15 is 0 Å². The summed E-state index contributed by atoms with van der Waals surface area (Å²) in [5.41, 5.74) is 5.75. The highest BCUT2D eigenvalue weighted by molar-refractivity contribution is 7.99. The molecule has 0 saturated carbocycles. The SMILES string of the molecule is Fc1ccc2c(c1)C(=NNc1nc3ccccc3s1)CCS2. The van der Waals surface area contributed by atoms with Crippen molar-refractivity contribution in [3.8, 4) is 0 Å². The van der Waals surface area contributed by atoms with Gasteiger partial charge in [-0.3, -0.25) is 5.43 Å². The van der Waals surface area contributed by atoms with Crippen molar-refractivity contribution >= 4 is 44.2 Å². The molecule has 0 unspecified atom stereocenters. The predicted molar refractivity (Wildman–Crippen MR) is 91.5 cm³/mol. The van der Waals surface area contributed by atoms with Crippen LogP contribution in [-0.4, -0.2) is 16.4 Å². The normalized spacial score (nSPS) is 16.0. The number of fused-ring (bicyclic) bond motifs is 2. The molecule has 6 heteroatoms. The molecule has 4 rings (SSSR count). The Labute approximate surface area is 135 Å². The first-order chi connectivity index (χ1) is 10.8. The summed E-state index contributed by atoms with van der Waals surface area (Å²) in [4.78, 5) is 5.57. The maximum atomic E-state index is 13.5. The van der Waals surface area contributed by atoms with E-state index in [9.17, 15) is 4.39 Å². The molecule has 1 aliphatic rings. The molecule has 0 aliphatic carbocycles. The van der Waals surface area contributed by atoms with Crippen LogP contribution in [0.25, 0.3) is 10.2 Å². The van der Waals surface area contributed by atoms with Crippen molar-refractivity contribution in [2.75, 3.05) is 11.2 Å². The van der Waals surface area contributed by atoms with Crippen LogP contribution in [0.4, 0.5) is 9.52 Å². The number of hydrazone groups is 1.